The Bertz CT molecular complexity index is 1450. The van der Waals surface area contributed by atoms with E-state index in [0.29, 0.717) is 34.8 Å². The number of fused-ring (bicyclic) bond motifs is 1. The van der Waals surface area contributed by atoms with Gasteiger partial charge in [-0.3, -0.25) is 14.6 Å². The average molecular weight is 492 g/mol. The fourth-order valence-electron chi connectivity index (χ4n) is 7.09. The van der Waals surface area contributed by atoms with Crippen molar-refractivity contribution in [2.45, 2.75) is 38.1 Å². The number of rotatable bonds is 5. The molecule has 2 heterocycles. The number of amides is 2. The lowest BCUT2D eigenvalue weighted by Gasteiger charge is -2.54. The normalized spacial score (nSPS) is 25.8. The quantitative estimate of drug-likeness (QED) is 0.346. The zero-order chi connectivity index (χ0) is 24.9. The summed E-state index contributed by atoms with van der Waals surface area (Å²) in [4.78, 5) is 37.7. The predicted octanol–water partition coefficient (Wildman–Crippen LogP) is 5.43. The van der Waals surface area contributed by atoms with E-state index < -0.39 is 0 Å². The molecule has 3 N–H and O–H groups in total. The van der Waals surface area contributed by atoms with Gasteiger partial charge in [0, 0.05) is 29.1 Å². The second-order valence-electron chi connectivity index (χ2n) is 11.0. The van der Waals surface area contributed by atoms with Crippen molar-refractivity contribution in [3.05, 3.63) is 78.1 Å². The van der Waals surface area contributed by atoms with Gasteiger partial charge in [0.1, 0.15) is 11.5 Å². The Morgan fingerprint density at radius 2 is 1.59 bits per heavy atom. The molecule has 0 spiro atoms. The Balaban J connectivity index is 1.05. The summed E-state index contributed by atoms with van der Waals surface area (Å²) >= 11 is 0. The van der Waals surface area contributed by atoms with Gasteiger partial charge in [-0.25, -0.2) is 4.98 Å². The molecule has 4 aromatic rings. The highest BCUT2D eigenvalue weighted by Gasteiger charge is 2.48. The maximum absolute atomic E-state index is 13.2. The minimum Gasteiger partial charge on any atom is -0.349 e. The fraction of sp³-hybridized carbons (Fsp3) is 0.333. The lowest BCUT2D eigenvalue weighted by Crippen LogP contribution is -2.55. The molecule has 0 atom stereocenters. The van der Waals surface area contributed by atoms with Crippen LogP contribution in [0.5, 0.6) is 0 Å². The molecule has 4 fully saturated rings. The number of hydrogen-bond acceptors (Lipinski definition) is 4. The van der Waals surface area contributed by atoms with Crippen LogP contribution in [0.15, 0.2) is 66.9 Å². The molecule has 4 saturated carbocycles. The van der Waals surface area contributed by atoms with Crippen LogP contribution in [0.3, 0.4) is 0 Å². The maximum atomic E-state index is 13.2. The smallest absolute Gasteiger partial charge is 0.274 e. The number of pyridine rings is 1. The highest BCUT2D eigenvalue weighted by Crippen LogP contribution is 2.53. The van der Waals surface area contributed by atoms with Crippen LogP contribution in [0.4, 0.5) is 5.69 Å². The fourth-order valence-corrected chi connectivity index (χ4v) is 7.09. The van der Waals surface area contributed by atoms with E-state index >= 15 is 0 Å². The summed E-state index contributed by atoms with van der Waals surface area (Å²) in [6.45, 7) is 0. The first-order valence-electron chi connectivity index (χ1n) is 13.2. The summed E-state index contributed by atoms with van der Waals surface area (Å²) in [5.74, 6) is 3.57. The van der Waals surface area contributed by atoms with Gasteiger partial charge < -0.3 is 15.6 Å². The number of H-pyrrole nitrogens is 1. The minimum atomic E-state index is -0.253. The average Bonchev–Trinajstić information content (AvgIpc) is 3.35. The van der Waals surface area contributed by atoms with Gasteiger partial charge in [0.05, 0.1) is 11.0 Å². The Kier molecular flexibility index (Phi) is 5.30. The zero-order valence-electron chi connectivity index (χ0n) is 20.5. The predicted molar refractivity (Wildman–Crippen MR) is 142 cm³/mol. The largest absolute Gasteiger partial charge is 0.349 e. The summed E-state index contributed by atoms with van der Waals surface area (Å²) in [6.07, 6.45) is 8.14. The molecule has 2 aromatic heterocycles. The molecule has 0 aliphatic heterocycles. The van der Waals surface area contributed by atoms with Crippen LogP contribution in [0.25, 0.3) is 22.4 Å². The molecule has 7 heteroatoms. The summed E-state index contributed by atoms with van der Waals surface area (Å²) < 4.78 is 0. The molecule has 4 aliphatic carbocycles. The van der Waals surface area contributed by atoms with Crippen molar-refractivity contribution in [3.63, 3.8) is 0 Å². The second kappa shape index (κ2) is 8.83. The van der Waals surface area contributed by atoms with Crippen LogP contribution in [-0.4, -0.2) is 32.8 Å². The third kappa shape index (κ3) is 4.18. The van der Waals surface area contributed by atoms with Gasteiger partial charge in [0.15, 0.2) is 0 Å². The third-order valence-electron chi connectivity index (χ3n) is 8.58. The Labute approximate surface area is 215 Å². The van der Waals surface area contributed by atoms with E-state index in [0.717, 1.165) is 34.3 Å². The van der Waals surface area contributed by atoms with Crippen molar-refractivity contribution in [1.82, 2.24) is 20.3 Å². The number of nitrogens with one attached hydrogen (secondary N) is 3. The second-order valence-corrected chi connectivity index (χ2v) is 11.0. The highest BCUT2D eigenvalue weighted by atomic mass is 16.2. The Hall–Kier alpha value is -4.00. The number of anilines is 1. The number of benzene rings is 2. The number of carbonyl (C=O) groups is 2. The molecular formula is C30H29N5O2. The number of carbonyl (C=O) groups excluding carboxylic acids is 2. The molecule has 4 bridgehead atoms. The van der Waals surface area contributed by atoms with Crippen LogP contribution in [0.2, 0.25) is 0 Å². The van der Waals surface area contributed by atoms with Crippen molar-refractivity contribution < 1.29 is 9.59 Å². The topological polar surface area (TPSA) is 99.8 Å². The SMILES string of the molecule is O=C(NC1C2CC3CC(C2)CC1C3)c1ccc2nc(-c3ccc(NC(=O)c4ccccn4)cc3)[nH]c2c1. The number of imidazole rings is 1. The number of nitrogens with zero attached hydrogens (tertiary/aromatic N) is 2. The van der Waals surface area contributed by atoms with E-state index in [9.17, 15) is 9.59 Å². The molecular weight excluding hydrogens is 462 g/mol. The lowest BCUT2D eigenvalue weighted by molar-refractivity contribution is -0.0119. The molecule has 37 heavy (non-hydrogen) atoms. The van der Waals surface area contributed by atoms with E-state index in [1.54, 1.807) is 24.4 Å². The van der Waals surface area contributed by atoms with Gasteiger partial charge in [-0.15, -0.1) is 0 Å². The first-order chi connectivity index (χ1) is 18.1. The van der Waals surface area contributed by atoms with Gasteiger partial charge in [-0.05, 0) is 110 Å². The van der Waals surface area contributed by atoms with Gasteiger partial charge in [-0.2, -0.15) is 0 Å². The van der Waals surface area contributed by atoms with E-state index in [2.05, 4.69) is 20.6 Å². The van der Waals surface area contributed by atoms with Gasteiger partial charge >= 0.3 is 0 Å². The van der Waals surface area contributed by atoms with Crippen molar-refractivity contribution in [3.8, 4) is 11.4 Å². The summed E-state index contributed by atoms with van der Waals surface area (Å²) in [6, 6.07) is 18.7. The lowest BCUT2D eigenvalue weighted by atomic mass is 9.54. The third-order valence-corrected chi connectivity index (χ3v) is 8.58. The van der Waals surface area contributed by atoms with Crippen LogP contribution >= 0.6 is 0 Å². The first kappa shape index (κ1) is 22.2. The molecule has 186 valence electrons. The van der Waals surface area contributed by atoms with Crippen molar-refractivity contribution >= 4 is 28.5 Å². The van der Waals surface area contributed by atoms with E-state index in [4.69, 9.17) is 4.98 Å². The Morgan fingerprint density at radius 3 is 2.30 bits per heavy atom. The molecule has 0 saturated heterocycles. The molecule has 0 unspecified atom stereocenters. The molecule has 8 rings (SSSR count). The summed E-state index contributed by atoms with van der Waals surface area (Å²) in [5.41, 5.74) is 4.26. The van der Waals surface area contributed by atoms with Crippen LogP contribution in [-0.2, 0) is 0 Å². The maximum Gasteiger partial charge on any atom is 0.274 e. The number of hydrogen-bond donors (Lipinski definition) is 3. The number of aromatic amines is 1. The van der Waals surface area contributed by atoms with E-state index in [1.807, 2.05) is 42.5 Å². The van der Waals surface area contributed by atoms with Gasteiger partial charge in [0.25, 0.3) is 11.8 Å². The van der Waals surface area contributed by atoms with Crippen LogP contribution in [0.1, 0.15) is 53.0 Å². The van der Waals surface area contributed by atoms with Gasteiger partial charge in [0.2, 0.25) is 0 Å². The standard InChI is InChI=1S/C30H29N5O2/c36-29(35-27-21-12-17-11-18(14-21)15-22(27)13-17)20-6-9-24-26(16-20)34-28(33-24)19-4-7-23(8-5-19)32-30(37)25-3-1-2-10-31-25/h1-10,16-18,21-22,27H,11-15H2,(H,32,37)(H,33,34)(H,35,36). The molecule has 0 radical (unpaired) electrons. The number of aromatic nitrogens is 3. The van der Waals surface area contributed by atoms with Crippen molar-refractivity contribution in [2.75, 3.05) is 5.32 Å². The summed E-state index contributed by atoms with van der Waals surface area (Å²) in [7, 11) is 0. The van der Waals surface area contributed by atoms with Crippen molar-refractivity contribution in [2.24, 2.45) is 23.7 Å². The highest BCUT2D eigenvalue weighted by molar-refractivity contribution is 6.03. The van der Waals surface area contributed by atoms with Crippen LogP contribution in [0, 0.1) is 23.7 Å². The first-order valence-corrected chi connectivity index (χ1v) is 13.2. The molecule has 2 amide bonds. The van der Waals surface area contributed by atoms with E-state index in [-0.39, 0.29) is 11.8 Å². The zero-order valence-corrected chi connectivity index (χ0v) is 20.5. The van der Waals surface area contributed by atoms with Crippen molar-refractivity contribution in [1.29, 1.82) is 0 Å². The molecule has 4 aliphatic rings. The summed E-state index contributed by atoms with van der Waals surface area (Å²) in [5, 5.41) is 6.26. The van der Waals surface area contributed by atoms with E-state index in [1.165, 1.54) is 32.1 Å². The minimum absolute atomic E-state index is 0.0172. The monoisotopic (exact) mass is 491 g/mol. The molecule has 7 nitrogen and oxygen atoms in total. The van der Waals surface area contributed by atoms with Crippen LogP contribution < -0.4 is 10.6 Å². The Morgan fingerprint density at radius 1 is 0.838 bits per heavy atom. The molecule has 2 aromatic carbocycles. The van der Waals surface area contributed by atoms with Gasteiger partial charge in [-0.1, -0.05) is 6.07 Å².